The van der Waals surface area contributed by atoms with E-state index in [0.29, 0.717) is 25.6 Å². The first kappa shape index (κ1) is 20.8. The quantitative estimate of drug-likeness (QED) is 0.427. The Morgan fingerprint density at radius 2 is 1.87 bits per heavy atom. The number of ether oxygens (including phenoxy) is 2. The van der Waals surface area contributed by atoms with Crippen LogP contribution in [0.5, 0.6) is 11.5 Å². The summed E-state index contributed by atoms with van der Waals surface area (Å²) in [6.45, 7) is 6.62. The zero-order chi connectivity index (χ0) is 21.5. The maximum Gasteiger partial charge on any atom is 0.231 e. The first-order valence-corrected chi connectivity index (χ1v) is 10.6. The van der Waals surface area contributed by atoms with E-state index < -0.39 is 0 Å². The van der Waals surface area contributed by atoms with Crippen LogP contribution < -0.4 is 20.1 Å². The minimum absolute atomic E-state index is 0.298. The largest absolute Gasteiger partial charge is 0.454 e. The minimum atomic E-state index is 0.298. The van der Waals surface area contributed by atoms with Gasteiger partial charge >= 0.3 is 0 Å². The van der Waals surface area contributed by atoms with Crippen LogP contribution in [0.4, 0.5) is 0 Å². The molecule has 0 radical (unpaired) electrons. The standard InChI is InChI=1S/C24H28N4O3/c1-3-25-24(26-12-10-18-6-9-21-22(14-18)31-16-30-21)27-13-11-20-15-29-23(28-20)19-7-4-17(2)5-8-19/h4-9,14-15H,3,10-13,16H2,1-2H3,(H2,25,26,27). The average Bonchev–Trinajstić information content (AvgIpc) is 3.43. The second-order valence-corrected chi connectivity index (χ2v) is 7.39. The van der Waals surface area contributed by atoms with Crippen molar-refractivity contribution < 1.29 is 13.9 Å². The van der Waals surface area contributed by atoms with Gasteiger partial charge < -0.3 is 24.5 Å². The molecule has 7 heteroatoms. The Bertz CT molecular complexity index is 1030. The molecule has 2 heterocycles. The van der Waals surface area contributed by atoms with E-state index in [-0.39, 0.29) is 0 Å². The molecule has 1 aliphatic rings. The molecular formula is C24H28N4O3. The van der Waals surface area contributed by atoms with Crippen molar-refractivity contribution in [3.05, 3.63) is 65.5 Å². The fourth-order valence-corrected chi connectivity index (χ4v) is 3.30. The van der Waals surface area contributed by atoms with Gasteiger partial charge in [0.1, 0.15) is 6.26 Å². The molecule has 0 saturated heterocycles. The molecule has 0 saturated carbocycles. The zero-order valence-corrected chi connectivity index (χ0v) is 18.0. The van der Waals surface area contributed by atoms with E-state index in [4.69, 9.17) is 13.9 Å². The van der Waals surface area contributed by atoms with E-state index in [1.165, 1.54) is 11.1 Å². The van der Waals surface area contributed by atoms with Crippen LogP contribution in [0, 0.1) is 6.92 Å². The van der Waals surface area contributed by atoms with Crippen molar-refractivity contribution in [2.75, 3.05) is 26.4 Å². The van der Waals surface area contributed by atoms with Gasteiger partial charge in [0.2, 0.25) is 12.7 Å². The van der Waals surface area contributed by atoms with E-state index in [0.717, 1.165) is 48.2 Å². The van der Waals surface area contributed by atoms with Gasteiger partial charge in [0.05, 0.1) is 5.69 Å². The molecule has 1 aromatic heterocycles. The highest BCUT2D eigenvalue weighted by atomic mass is 16.7. The monoisotopic (exact) mass is 420 g/mol. The summed E-state index contributed by atoms with van der Waals surface area (Å²) in [5.74, 6) is 3.07. The Morgan fingerprint density at radius 1 is 1.03 bits per heavy atom. The summed E-state index contributed by atoms with van der Waals surface area (Å²) in [7, 11) is 0. The maximum atomic E-state index is 5.63. The van der Waals surface area contributed by atoms with E-state index >= 15 is 0 Å². The first-order valence-electron chi connectivity index (χ1n) is 10.6. The number of fused-ring (bicyclic) bond motifs is 1. The van der Waals surface area contributed by atoms with E-state index in [1.54, 1.807) is 6.26 Å². The summed E-state index contributed by atoms with van der Waals surface area (Å²) in [6, 6.07) is 14.2. The highest BCUT2D eigenvalue weighted by Crippen LogP contribution is 2.32. The first-order chi connectivity index (χ1) is 15.2. The molecule has 0 atom stereocenters. The smallest absolute Gasteiger partial charge is 0.231 e. The van der Waals surface area contributed by atoms with Crippen molar-refractivity contribution in [3.63, 3.8) is 0 Å². The lowest BCUT2D eigenvalue weighted by Crippen LogP contribution is -2.38. The Hall–Kier alpha value is -3.48. The fourth-order valence-electron chi connectivity index (χ4n) is 3.30. The molecule has 7 nitrogen and oxygen atoms in total. The highest BCUT2D eigenvalue weighted by molar-refractivity contribution is 5.79. The van der Waals surface area contributed by atoms with Crippen LogP contribution in [0.1, 0.15) is 23.7 Å². The van der Waals surface area contributed by atoms with Gasteiger partial charge in [-0.15, -0.1) is 0 Å². The van der Waals surface area contributed by atoms with Gasteiger partial charge in [-0.1, -0.05) is 23.8 Å². The summed E-state index contributed by atoms with van der Waals surface area (Å²) in [5.41, 5.74) is 4.29. The summed E-state index contributed by atoms with van der Waals surface area (Å²) in [5, 5.41) is 6.67. The number of aryl methyl sites for hydroxylation is 1. The number of nitrogens with zero attached hydrogens (tertiary/aromatic N) is 2. The molecule has 0 fully saturated rings. The van der Waals surface area contributed by atoms with Gasteiger partial charge in [-0.2, -0.15) is 0 Å². The fraction of sp³-hybridized carbons (Fsp3) is 0.333. The number of hydrogen-bond acceptors (Lipinski definition) is 5. The Labute approximate surface area is 182 Å². The molecule has 0 aliphatic carbocycles. The summed E-state index contributed by atoms with van der Waals surface area (Å²) >= 11 is 0. The second-order valence-electron chi connectivity index (χ2n) is 7.39. The van der Waals surface area contributed by atoms with Crippen LogP contribution in [0.2, 0.25) is 0 Å². The van der Waals surface area contributed by atoms with Crippen LogP contribution in [-0.2, 0) is 12.8 Å². The van der Waals surface area contributed by atoms with Crippen molar-refractivity contribution in [2.24, 2.45) is 4.99 Å². The summed E-state index contributed by atoms with van der Waals surface area (Å²) in [4.78, 5) is 9.24. The van der Waals surface area contributed by atoms with Crippen LogP contribution in [0.25, 0.3) is 11.5 Å². The highest BCUT2D eigenvalue weighted by Gasteiger charge is 2.13. The topological polar surface area (TPSA) is 80.9 Å². The van der Waals surface area contributed by atoms with E-state index in [1.807, 2.05) is 24.3 Å². The lowest BCUT2D eigenvalue weighted by molar-refractivity contribution is 0.174. The average molecular weight is 421 g/mol. The third-order valence-electron chi connectivity index (χ3n) is 4.98. The van der Waals surface area contributed by atoms with Crippen LogP contribution in [0.3, 0.4) is 0 Å². The minimum Gasteiger partial charge on any atom is -0.454 e. The second kappa shape index (κ2) is 10.0. The lowest BCUT2D eigenvalue weighted by Gasteiger charge is -2.11. The lowest BCUT2D eigenvalue weighted by atomic mass is 10.1. The third kappa shape index (κ3) is 5.57. The van der Waals surface area contributed by atoms with Gasteiger partial charge in [0.15, 0.2) is 17.5 Å². The zero-order valence-electron chi connectivity index (χ0n) is 18.0. The Balaban J connectivity index is 1.27. The molecule has 0 bridgehead atoms. The van der Waals surface area contributed by atoms with Gasteiger partial charge in [0.25, 0.3) is 0 Å². The number of aliphatic imine (C=N–C) groups is 1. The normalized spacial score (nSPS) is 12.8. The summed E-state index contributed by atoms with van der Waals surface area (Å²) in [6.07, 6.45) is 3.29. The predicted molar refractivity (Wildman–Crippen MR) is 121 cm³/mol. The third-order valence-corrected chi connectivity index (χ3v) is 4.98. The number of hydrogen-bond donors (Lipinski definition) is 2. The van der Waals surface area contributed by atoms with Gasteiger partial charge in [-0.05, 0) is 50.1 Å². The van der Waals surface area contributed by atoms with Gasteiger partial charge in [-0.25, -0.2) is 4.98 Å². The number of oxazole rings is 1. The summed E-state index contributed by atoms with van der Waals surface area (Å²) < 4.78 is 16.4. The Morgan fingerprint density at radius 3 is 2.71 bits per heavy atom. The van der Waals surface area contributed by atoms with Crippen molar-refractivity contribution in [1.29, 1.82) is 0 Å². The van der Waals surface area contributed by atoms with Crippen molar-refractivity contribution in [1.82, 2.24) is 15.6 Å². The van der Waals surface area contributed by atoms with Crippen LogP contribution in [0.15, 0.2) is 58.1 Å². The molecule has 2 N–H and O–H groups in total. The number of guanidine groups is 1. The van der Waals surface area contributed by atoms with E-state index in [2.05, 4.69) is 52.7 Å². The van der Waals surface area contributed by atoms with E-state index in [9.17, 15) is 0 Å². The molecule has 0 unspecified atom stereocenters. The predicted octanol–water partition coefficient (Wildman–Crippen LogP) is 3.72. The molecular weight excluding hydrogens is 392 g/mol. The number of rotatable bonds is 8. The molecule has 162 valence electrons. The van der Waals surface area contributed by atoms with Gasteiger partial charge in [-0.3, -0.25) is 4.99 Å². The SMILES string of the molecule is CCNC(=NCCc1coc(-c2ccc(C)cc2)n1)NCCc1ccc2c(c1)OCO2. The molecule has 31 heavy (non-hydrogen) atoms. The van der Waals surface area contributed by atoms with Crippen molar-refractivity contribution >= 4 is 5.96 Å². The van der Waals surface area contributed by atoms with Crippen molar-refractivity contribution in [3.8, 4) is 23.0 Å². The maximum absolute atomic E-state index is 5.63. The number of benzene rings is 2. The number of aromatic nitrogens is 1. The molecule has 3 aromatic rings. The Kier molecular flexibility index (Phi) is 6.72. The molecule has 0 amide bonds. The van der Waals surface area contributed by atoms with Crippen LogP contribution in [-0.4, -0.2) is 37.4 Å². The molecule has 1 aliphatic heterocycles. The molecule has 0 spiro atoms. The molecule has 2 aromatic carbocycles. The van der Waals surface area contributed by atoms with Gasteiger partial charge in [0, 0.05) is 31.6 Å². The van der Waals surface area contributed by atoms with Crippen LogP contribution >= 0.6 is 0 Å². The van der Waals surface area contributed by atoms with Crippen molar-refractivity contribution in [2.45, 2.75) is 26.7 Å². The molecule has 4 rings (SSSR count). The number of nitrogens with one attached hydrogen (secondary N) is 2.